The number of hydrogen-bond donors (Lipinski definition) is 1. The lowest BCUT2D eigenvalue weighted by atomic mass is 10.0. The van der Waals surface area contributed by atoms with E-state index in [2.05, 4.69) is 30.4 Å². The quantitative estimate of drug-likeness (QED) is 0.911. The van der Waals surface area contributed by atoms with Gasteiger partial charge in [-0.05, 0) is 36.4 Å². The third kappa shape index (κ3) is 3.34. The van der Waals surface area contributed by atoms with E-state index in [9.17, 15) is 0 Å². The predicted octanol–water partition coefficient (Wildman–Crippen LogP) is 4.26. The molecule has 0 bridgehead atoms. The molecule has 0 aliphatic carbocycles. The van der Waals surface area contributed by atoms with E-state index in [1.54, 1.807) is 11.3 Å². The molecule has 1 atom stereocenters. The molecule has 112 valence electrons. The zero-order valence-electron chi connectivity index (χ0n) is 11.9. The SMILES string of the molecule is CCNC(c1ccc2c(c1)OCCCO2)c1ccc(Cl)s1. The Morgan fingerprint density at radius 3 is 2.71 bits per heavy atom. The fourth-order valence-electron chi connectivity index (χ4n) is 2.43. The maximum Gasteiger partial charge on any atom is 0.161 e. The van der Waals surface area contributed by atoms with Crippen LogP contribution < -0.4 is 14.8 Å². The van der Waals surface area contributed by atoms with Gasteiger partial charge < -0.3 is 14.8 Å². The highest BCUT2D eigenvalue weighted by Crippen LogP contribution is 2.36. The van der Waals surface area contributed by atoms with Crippen LogP contribution in [0.15, 0.2) is 30.3 Å². The number of hydrogen-bond acceptors (Lipinski definition) is 4. The smallest absolute Gasteiger partial charge is 0.161 e. The monoisotopic (exact) mass is 323 g/mol. The molecule has 1 aliphatic heterocycles. The Labute approximate surface area is 133 Å². The first-order valence-corrected chi connectivity index (χ1v) is 8.35. The summed E-state index contributed by atoms with van der Waals surface area (Å²) in [4.78, 5) is 1.20. The van der Waals surface area contributed by atoms with Crippen molar-refractivity contribution in [3.8, 4) is 11.5 Å². The molecule has 1 aromatic heterocycles. The Morgan fingerprint density at radius 1 is 1.19 bits per heavy atom. The molecule has 3 rings (SSSR count). The van der Waals surface area contributed by atoms with E-state index in [0.29, 0.717) is 13.2 Å². The van der Waals surface area contributed by atoms with Crippen LogP contribution in [0.25, 0.3) is 0 Å². The molecule has 1 aromatic carbocycles. The average molecular weight is 324 g/mol. The van der Waals surface area contributed by atoms with Crippen molar-refractivity contribution in [2.45, 2.75) is 19.4 Å². The molecular weight excluding hydrogens is 306 g/mol. The number of ether oxygens (including phenoxy) is 2. The van der Waals surface area contributed by atoms with E-state index < -0.39 is 0 Å². The zero-order chi connectivity index (χ0) is 14.7. The largest absolute Gasteiger partial charge is 0.490 e. The fourth-order valence-corrected chi connectivity index (χ4v) is 3.59. The van der Waals surface area contributed by atoms with Crippen LogP contribution >= 0.6 is 22.9 Å². The molecule has 2 heterocycles. The van der Waals surface area contributed by atoms with Crippen LogP contribution in [0.5, 0.6) is 11.5 Å². The van der Waals surface area contributed by atoms with Crippen molar-refractivity contribution >= 4 is 22.9 Å². The van der Waals surface area contributed by atoms with Gasteiger partial charge in [-0.25, -0.2) is 0 Å². The minimum absolute atomic E-state index is 0.129. The van der Waals surface area contributed by atoms with Crippen molar-refractivity contribution in [1.82, 2.24) is 5.32 Å². The molecule has 0 spiro atoms. The normalized spacial score (nSPS) is 15.5. The second-order valence-electron chi connectivity index (χ2n) is 4.89. The summed E-state index contributed by atoms with van der Waals surface area (Å²) in [6, 6.07) is 10.3. The van der Waals surface area contributed by atoms with Gasteiger partial charge >= 0.3 is 0 Å². The molecule has 3 nitrogen and oxygen atoms in total. The van der Waals surface area contributed by atoms with Crippen LogP contribution in [-0.2, 0) is 0 Å². The summed E-state index contributed by atoms with van der Waals surface area (Å²) in [5.41, 5.74) is 1.17. The highest BCUT2D eigenvalue weighted by Gasteiger charge is 2.18. The predicted molar refractivity (Wildman–Crippen MR) is 86.9 cm³/mol. The number of halogens is 1. The Hall–Kier alpha value is -1.23. The topological polar surface area (TPSA) is 30.5 Å². The van der Waals surface area contributed by atoms with Gasteiger partial charge in [0, 0.05) is 11.3 Å². The van der Waals surface area contributed by atoms with Crippen LogP contribution in [0.2, 0.25) is 4.34 Å². The van der Waals surface area contributed by atoms with Crippen molar-refractivity contribution in [3.05, 3.63) is 45.1 Å². The van der Waals surface area contributed by atoms with Gasteiger partial charge in [0.05, 0.1) is 23.6 Å². The van der Waals surface area contributed by atoms with Crippen molar-refractivity contribution in [2.24, 2.45) is 0 Å². The Kier molecular flexibility index (Phi) is 4.68. The molecular formula is C16H18ClNO2S. The van der Waals surface area contributed by atoms with Crippen molar-refractivity contribution in [3.63, 3.8) is 0 Å². The first-order chi connectivity index (χ1) is 10.3. The first-order valence-electron chi connectivity index (χ1n) is 7.16. The molecule has 0 saturated heterocycles. The maximum absolute atomic E-state index is 6.08. The molecule has 0 radical (unpaired) electrons. The maximum atomic E-state index is 6.08. The van der Waals surface area contributed by atoms with Gasteiger partial charge in [-0.1, -0.05) is 24.6 Å². The highest BCUT2D eigenvalue weighted by atomic mass is 35.5. The molecule has 2 aromatic rings. The second-order valence-corrected chi connectivity index (χ2v) is 6.64. The van der Waals surface area contributed by atoms with Crippen LogP contribution in [0, 0.1) is 0 Å². The van der Waals surface area contributed by atoms with E-state index >= 15 is 0 Å². The lowest BCUT2D eigenvalue weighted by molar-refractivity contribution is 0.297. The third-order valence-electron chi connectivity index (χ3n) is 3.39. The van der Waals surface area contributed by atoms with Crippen molar-refractivity contribution in [2.75, 3.05) is 19.8 Å². The fraction of sp³-hybridized carbons (Fsp3) is 0.375. The third-order valence-corrected chi connectivity index (χ3v) is 4.69. The van der Waals surface area contributed by atoms with E-state index in [-0.39, 0.29) is 6.04 Å². The number of fused-ring (bicyclic) bond motifs is 1. The van der Waals surface area contributed by atoms with E-state index in [4.69, 9.17) is 21.1 Å². The van der Waals surface area contributed by atoms with Crippen LogP contribution in [0.1, 0.15) is 29.8 Å². The summed E-state index contributed by atoms with van der Waals surface area (Å²) in [5, 5.41) is 3.51. The molecule has 1 aliphatic rings. The summed E-state index contributed by atoms with van der Waals surface area (Å²) in [7, 11) is 0. The van der Waals surface area contributed by atoms with Crippen molar-refractivity contribution < 1.29 is 9.47 Å². The van der Waals surface area contributed by atoms with E-state index in [0.717, 1.165) is 28.8 Å². The van der Waals surface area contributed by atoms with Gasteiger partial charge in [0.15, 0.2) is 11.5 Å². The second kappa shape index (κ2) is 6.69. The minimum atomic E-state index is 0.129. The van der Waals surface area contributed by atoms with Gasteiger partial charge in [-0.3, -0.25) is 0 Å². The summed E-state index contributed by atoms with van der Waals surface area (Å²) in [5.74, 6) is 1.66. The Bertz CT molecular complexity index is 614. The molecule has 1 N–H and O–H groups in total. The highest BCUT2D eigenvalue weighted by molar-refractivity contribution is 7.16. The van der Waals surface area contributed by atoms with Gasteiger partial charge in [0.1, 0.15) is 0 Å². The van der Waals surface area contributed by atoms with Crippen LogP contribution in [-0.4, -0.2) is 19.8 Å². The summed E-state index contributed by atoms with van der Waals surface area (Å²) >= 11 is 7.68. The Balaban J connectivity index is 1.94. The zero-order valence-corrected chi connectivity index (χ0v) is 13.5. The summed E-state index contributed by atoms with van der Waals surface area (Å²) in [6.07, 6.45) is 0.918. The van der Waals surface area contributed by atoms with Gasteiger partial charge in [-0.2, -0.15) is 0 Å². The van der Waals surface area contributed by atoms with Crippen molar-refractivity contribution in [1.29, 1.82) is 0 Å². The van der Waals surface area contributed by atoms with Gasteiger partial charge in [-0.15, -0.1) is 11.3 Å². The van der Waals surface area contributed by atoms with Gasteiger partial charge in [0.2, 0.25) is 0 Å². The van der Waals surface area contributed by atoms with E-state index in [1.165, 1.54) is 10.4 Å². The van der Waals surface area contributed by atoms with Gasteiger partial charge in [0.25, 0.3) is 0 Å². The lowest BCUT2D eigenvalue weighted by Crippen LogP contribution is -2.21. The van der Waals surface area contributed by atoms with E-state index in [1.807, 2.05) is 12.1 Å². The lowest BCUT2D eigenvalue weighted by Gasteiger charge is -2.18. The summed E-state index contributed by atoms with van der Waals surface area (Å²) < 4.78 is 12.3. The number of thiophene rings is 1. The minimum Gasteiger partial charge on any atom is -0.490 e. The number of rotatable bonds is 4. The molecule has 1 unspecified atom stereocenters. The molecule has 0 fully saturated rings. The molecule has 5 heteroatoms. The first kappa shape index (κ1) is 14.7. The van der Waals surface area contributed by atoms with Crippen LogP contribution in [0.3, 0.4) is 0 Å². The standard InChI is InChI=1S/C16H18ClNO2S/c1-2-18-16(14-6-7-15(17)21-14)11-4-5-12-13(10-11)20-9-3-8-19-12/h4-7,10,16,18H,2-3,8-9H2,1H3. The Morgan fingerprint density at radius 2 is 2.00 bits per heavy atom. The number of benzene rings is 1. The molecule has 21 heavy (non-hydrogen) atoms. The molecule has 0 saturated carbocycles. The summed E-state index contributed by atoms with van der Waals surface area (Å²) in [6.45, 7) is 4.40. The van der Waals surface area contributed by atoms with Crippen LogP contribution in [0.4, 0.5) is 0 Å². The number of nitrogens with one attached hydrogen (secondary N) is 1. The average Bonchev–Trinajstić information content (AvgIpc) is 2.78. The molecule has 0 amide bonds.